The van der Waals surface area contributed by atoms with E-state index in [9.17, 15) is 9.18 Å². The van der Waals surface area contributed by atoms with E-state index in [-0.39, 0.29) is 17.7 Å². The third-order valence-corrected chi connectivity index (χ3v) is 5.88. The zero-order chi connectivity index (χ0) is 18.1. The van der Waals surface area contributed by atoms with Crippen molar-refractivity contribution in [1.82, 2.24) is 4.90 Å². The molecule has 25 heavy (non-hydrogen) atoms. The lowest BCUT2D eigenvalue weighted by Crippen LogP contribution is -2.34. The van der Waals surface area contributed by atoms with Crippen molar-refractivity contribution < 1.29 is 13.9 Å². The predicted molar refractivity (Wildman–Crippen MR) is 97.1 cm³/mol. The van der Waals surface area contributed by atoms with Gasteiger partial charge in [0.2, 0.25) is 0 Å². The van der Waals surface area contributed by atoms with Gasteiger partial charge in [0, 0.05) is 12.6 Å². The van der Waals surface area contributed by atoms with Gasteiger partial charge in [0.05, 0.1) is 5.92 Å². The minimum atomic E-state index is -0.315. The maximum Gasteiger partial charge on any atom is 0.313 e. The standard InChI is InChI=1S/C21H30FNO2/c1-13(2)21(24)25-18-10-16(9-17(22)11-18)19-8-14-5-6-15(7-14)20(19)12-23(3)4/h9-11,13-15,19-20H,5-8,12H2,1-4H3/t14?,15?,19-,20-/m0/s1. The van der Waals surface area contributed by atoms with E-state index < -0.39 is 0 Å². The first-order chi connectivity index (χ1) is 11.8. The van der Waals surface area contributed by atoms with Crippen LogP contribution in [0.5, 0.6) is 5.75 Å². The van der Waals surface area contributed by atoms with Gasteiger partial charge in [0.15, 0.2) is 0 Å². The van der Waals surface area contributed by atoms with Crippen LogP contribution in [0.1, 0.15) is 51.0 Å². The number of carbonyl (C=O) groups excluding carboxylic acids is 1. The van der Waals surface area contributed by atoms with Crippen molar-refractivity contribution in [2.24, 2.45) is 23.7 Å². The number of nitrogens with zero attached hydrogens (tertiary/aromatic N) is 1. The highest BCUT2D eigenvalue weighted by Gasteiger charge is 2.42. The van der Waals surface area contributed by atoms with Crippen molar-refractivity contribution in [2.75, 3.05) is 20.6 Å². The van der Waals surface area contributed by atoms with E-state index in [4.69, 9.17) is 4.74 Å². The first kappa shape index (κ1) is 18.4. The van der Waals surface area contributed by atoms with Crippen LogP contribution < -0.4 is 4.74 Å². The van der Waals surface area contributed by atoms with Crippen molar-refractivity contribution >= 4 is 5.97 Å². The van der Waals surface area contributed by atoms with E-state index in [1.54, 1.807) is 19.9 Å². The monoisotopic (exact) mass is 347 g/mol. The lowest BCUT2D eigenvalue weighted by Gasteiger charge is -2.38. The number of benzene rings is 1. The lowest BCUT2D eigenvalue weighted by molar-refractivity contribution is -0.137. The van der Waals surface area contributed by atoms with Gasteiger partial charge in [0.1, 0.15) is 11.6 Å². The number of esters is 1. The first-order valence-corrected chi connectivity index (χ1v) is 9.50. The van der Waals surface area contributed by atoms with Gasteiger partial charge in [-0.2, -0.15) is 0 Å². The van der Waals surface area contributed by atoms with Gasteiger partial charge >= 0.3 is 5.97 Å². The molecule has 0 radical (unpaired) electrons. The van der Waals surface area contributed by atoms with Gasteiger partial charge in [-0.15, -0.1) is 0 Å². The zero-order valence-electron chi connectivity index (χ0n) is 15.8. The summed E-state index contributed by atoms with van der Waals surface area (Å²) in [6.07, 6.45) is 5.04. The van der Waals surface area contributed by atoms with Crippen molar-refractivity contribution in [3.8, 4) is 5.75 Å². The second-order valence-electron chi connectivity index (χ2n) is 8.50. The number of hydrogen-bond acceptors (Lipinski definition) is 3. The fraction of sp³-hybridized carbons (Fsp3) is 0.667. The topological polar surface area (TPSA) is 29.5 Å². The molecule has 4 heteroatoms. The Hall–Kier alpha value is -1.42. The van der Waals surface area contributed by atoms with E-state index in [0.717, 1.165) is 30.4 Å². The number of carbonyl (C=O) groups is 1. The molecule has 0 spiro atoms. The molecule has 2 aliphatic carbocycles. The third-order valence-electron chi connectivity index (χ3n) is 5.88. The molecular weight excluding hydrogens is 317 g/mol. The first-order valence-electron chi connectivity index (χ1n) is 9.50. The highest BCUT2D eigenvalue weighted by atomic mass is 19.1. The Balaban J connectivity index is 1.88. The molecule has 0 aliphatic heterocycles. The van der Waals surface area contributed by atoms with Crippen molar-refractivity contribution in [3.05, 3.63) is 29.6 Å². The molecule has 1 aromatic carbocycles. The number of halogens is 1. The summed E-state index contributed by atoms with van der Waals surface area (Å²) < 4.78 is 19.6. The van der Waals surface area contributed by atoms with E-state index in [0.29, 0.717) is 17.6 Å². The highest BCUT2D eigenvalue weighted by molar-refractivity contribution is 5.74. The number of ether oxygens (including phenoxy) is 1. The molecule has 0 N–H and O–H groups in total. The summed E-state index contributed by atoms with van der Waals surface area (Å²) >= 11 is 0. The Morgan fingerprint density at radius 2 is 2.00 bits per heavy atom. The normalized spacial score (nSPS) is 28.6. The summed E-state index contributed by atoms with van der Waals surface area (Å²) in [5.41, 5.74) is 0.995. The van der Waals surface area contributed by atoms with Crippen LogP contribution in [0.3, 0.4) is 0 Å². The summed E-state index contributed by atoms with van der Waals surface area (Å²) in [7, 11) is 4.22. The summed E-state index contributed by atoms with van der Waals surface area (Å²) in [6, 6.07) is 4.86. The van der Waals surface area contributed by atoms with Crippen molar-refractivity contribution in [1.29, 1.82) is 0 Å². The minimum Gasteiger partial charge on any atom is -0.426 e. The van der Waals surface area contributed by atoms with Crippen molar-refractivity contribution in [2.45, 2.75) is 45.4 Å². The number of rotatable bonds is 5. The number of hydrogen-bond donors (Lipinski definition) is 0. The Labute approximate surface area is 150 Å². The summed E-state index contributed by atoms with van der Waals surface area (Å²) in [5.74, 6) is 1.88. The van der Waals surface area contributed by atoms with Gasteiger partial charge in [-0.3, -0.25) is 4.79 Å². The Morgan fingerprint density at radius 3 is 2.68 bits per heavy atom. The average Bonchev–Trinajstić information content (AvgIpc) is 2.91. The van der Waals surface area contributed by atoms with Gasteiger partial charge in [-0.1, -0.05) is 20.3 Å². The molecule has 1 aromatic rings. The SMILES string of the molecule is CC(C)C(=O)Oc1cc(F)cc([C@@H]2CC3CCC(C3)[C@@H]2CN(C)C)c1. The van der Waals surface area contributed by atoms with Gasteiger partial charge in [-0.25, -0.2) is 4.39 Å². The smallest absolute Gasteiger partial charge is 0.313 e. The summed E-state index contributed by atoms with van der Waals surface area (Å²) in [5, 5.41) is 0. The number of fused-ring (bicyclic) bond motifs is 2. The molecule has 0 amide bonds. The maximum absolute atomic E-state index is 14.2. The molecule has 2 saturated carbocycles. The van der Waals surface area contributed by atoms with E-state index in [2.05, 4.69) is 19.0 Å². The highest BCUT2D eigenvalue weighted by Crippen LogP contribution is 2.52. The molecule has 2 bridgehead atoms. The van der Waals surface area contributed by atoms with Crippen LogP contribution in [0.15, 0.2) is 18.2 Å². The lowest BCUT2D eigenvalue weighted by atomic mass is 9.69. The quantitative estimate of drug-likeness (QED) is 0.581. The van der Waals surface area contributed by atoms with Crippen LogP contribution in [-0.2, 0) is 4.79 Å². The fourth-order valence-electron chi connectivity index (χ4n) is 4.75. The molecule has 3 nitrogen and oxygen atoms in total. The molecule has 2 unspecified atom stereocenters. The van der Waals surface area contributed by atoms with E-state index >= 15 is 0 Å². The predicted octanol–water partition coefficient (Wildman–Crippen LogP) is 4.47. The maximum atomic E-state index is 14.2. The summed E-state index contributed by atoms with van der Waals surface area (Å²) in [4.78, 5) is 14.1. The molecule has 3 rings (SSSR count). The van der Waals surface area contributed by atoms with Crippen LogP contribution in [-0.4, -0.2) is 31.5 Å². The largest absolute Gasteiger partial charge is 0.426 e. The average molecular weight is 347 g/mol. The minimum absolute atomic E-state index is 0.223. The molecule has 138 valence electrons. The van der Waals surface area contributed by atoms with Gasteiger partial charge < -0.3 is 9.64 Å². The summed E-state index contributed by atoms with van der Waals surface area (Å²) in [6.45, 7) is 4.60. The molecule has 2 fully saturated rings. The van der Waals surface area contributed by atoms with E-state index in [1.807, 2.05) is 6.07 Å². The molecule has 2 aliphatic rings. The Bertz CT molecular complexity index is 628. The zero-order valence-corrected chi connectivity index (χ0v) is 15.8. The second kappa shape index (κ2) is 7.45. The Kier molecular flexibility index (Phi) is 5.47. The fourth-order valence-corrected chi connectivity index (χ4v) is 4.75. The van der Waals surface area contributed by atoms with Crippen molar-refractivity contribution in [3.63, 3.8) is 0 Å². The molecule has 0 saturated heterocycles. The van der Waals surface area contributed by atoms with E-state index in [1.165, 1.54) is 25.3 Å². The van der Waals surface area contributed by atoms with Crippen LogP contribution in [0.4, 0.5) is 4.39 Å². The molecule has 4 atom stereocenters. The third kappa shape index (κ3) is 4.22. The molecule has 0 heterocycles. The van der Waals surface area contributed by atoms with Crippen LogP contribution in [0.25, 0.3) is 0 Å². The van der Waals surface area contributed by atoms with Crippen LogP contribution in [0, 0.1) is 29.5 Å². The van der Waals surface area contributed by atoms with Crippen LogP contribution >= 0.6 is 0 Å². The van der Waals surface area contributed by atoms with Crippen LogP contribution in [0.2, 0.25) is 0 Å². The molecular formula is C21H30FNO2. The van der Waals surface area contributed by atoms with Gasteiger partial charge in [0.25, 0.3) is 0 Å². The van der Waals surface area contributed by atoms with Gasteiger partial charge in [-0.05, 0) is 74.7 Å². The second-order valence-corrected chi connectivity index (χ2v) is 8.50. The molecule has 0 aromatic heterocycles. The Morgan fingerprint density at radius 1 is 1.24 bits per heavy atom.